The molecule has 2 atom stereocenters. The Hall–Kier alpha value is -1.20. The lowest BCUT2D eigenvalue weighted by molar-refractivity contribution is -0.0164. The van der Waals surface area contributed by atoms with E-state index in [1.165, 1.54) is 7.11 Å². The van der Waals surface area contributed by atoms with Crippen LogP contribution in [0.2, 0.25) is 0 Å². The van der Waals surface area contributed by atoms with Gasteiger partial charge in [0.2, 0.25) is 5.76 Å². The van der Waals surface area contributed by atoms with Crippen molar-refractivity contribution in [3.05, 3.63) is 23.9 Å². The van der Waals surface area contributed by atoms with E-state index in [-0.39, 0.29) is 17.3 Å². The molecule has 0 aromatic rings. The van der Waals surface area contributed by atoms with Gasteiger partial charge in [-0.25, -0.2) is 0 Å². The highest BCUT2D eigenvalue weighted by atomic mass is 16.6. The van der Waals surface area contributed by atoms with Crippen molar-refractivity contribution >= 4 is 0 Å². The van der Waals surface area contributed by atoms with Gasteiger partial charge in [-0.3, -0.25) is 0 Å². The number of aliphatic hydroxyl groups is 3. The van der Waals surface area contributed by atoms with Gasteiger partial charge in [0.15, 0.2) is 17.6 Å². The highest BCUT2D eigenvalue weighted by Crippen LogP contribution is 2.29. The van der Waals surface area contributed by atoms with E-state index in [1.807, 2.05) is 0 Å². The Bertz CT molecular complexity index is 245. The van der Waals surface area contributed by atoms with Crippen LogP contribution in [0.4, 0.5) is 0 Å². The smallest absolute Gasteiger partial charge is 0.202 e. The summed E-state index contributed by atoms with van der Waals surface area (Å²) in [6.45, 7) is 2.96. The molecule has 0 radical (unpaired) electrons. The molecular weight excluding hydrogens is 176 g/mol. The zero-order valence-electron chi connectivity index (χ0n) is 7.23. The largest absolute Gasteiger partial charge is 0.505 e. The van der Waals surface area contributed by atoms with E-state index in [0.717, 1.165) is 0 Å². The molecule has 0 aromatic carbocycles. The van der Waals surface area contributed by atoms with E-state index in [9.17, 15) is 10.2 Å². The Labute approximate surface area is 75.5 Å². The Morgan fingerprint density at radius 3 is 2.69 bits per heavy atom. The number of hydrogen-bond acceptors (Lipinski definition) is 5. The van der Waals surface area contributed by atoms with E-state index >= 15 is 0 Å². The molecule has 1 heterocycles. The third-order valence-corrected chi connectivity index (χ3v) is 1.77. The fraction of sp³-hybridized carbons (Fsp3) is 0.500. The molecule has 0 saturated heterocycles. The first-order valence-corrected chi connectivity index (χ1v) is 3.73. The molecule has 3 N–H and O–H groups in total. The van der Waals surface area contributed by atoms with Crippen molar-refractivity contribution < 1.29 is 24.8 Å². The Kier molecular flexibility index (Phi) is 2.79. The van der Waals surface area contributed by atoms with Crippen LogP contribution in [0.1, 0.15) is 0 Å². The minimum Gasteiger partial charge on any atom is -0.505 e. The van der Waals surface area contributed by atoms with Gasteiger partial charge in [0, 0.05) is 0 Å². The second-order valence-electron chi connectivity index (χ2n) is 2.63. The topological polar surface area (TPSA) is 79.2 Å². The molecule has 1 rings (SSSR count). The van der Waals surface area contributed by atoms with Gasteiger partial charge < -0.3 is 24.8 Å². The van der Waals surface area contributed by atoms with Crippen LogP contribution in [-0.2, 0) is 9.47 Å². The fourth-order valence-electron chi connectivity index (χ4n) is 1.11. The lowest BCUT2D eigenvalue weighted by Gasteiger charge is -2.15. The molecular formula is C8H12O5. The molecule has 13 heavy (non-hydrogen) atoms. The highest BCUT2D eigenvalue weighted by molar-refractivity contribution is 5.29. The number of rotatable bonds is 3. The first-order chi connectivity index (χ1) is 6.11. The summed E-state index contributed by atoms with van der Waals surface area (Å²) in [7, 11) is 1.35. The average Bonchev–Trinajstić information content (AvgIpc) is 2.40. The van der Waals surface area contributed by atoms with Gasteiger partial charge in [0.05, 0.1) is 13.7 Å². The lowest BCUT2D eigenvalue weighted by atomic mass is 10.2. The van der Waals surface area contributed by atoms with Crippen LogP contribution in [0.3, 0.4) is 0 Å². The predicted molar refractivity (Wildman–Crippen MR) is 43.8 cm³/mol. The van der Waals surface area contributed by atoms with Gasteiger partial charge in [-0.1, -0.05) is 6.58 Å². The monoisotopic (exact) mass is 188 g/mol. The van der Waals surface area contributed by atoms with Crippen molar-refractivity contribution in [1.29, 1.82) is 0 Å². The normalized spacial score (nSPS) is 24.5. The van der Waals surface area contributed by atoms with Crippen molar-refractivity contribution in [3.63, 3.8) is 0 Å². The minimum absolute atomic E-state index is 0.109. The number of aliphatic hydroxyl groups excluding tert-OH is 3. The molecule has 5 heteroatoms. The third kappa shape index (κ3) is 1.61. The first kappa shape index (κ1) is 9.88. The molecule has 74 valence electrons. The second-order valence-corrected chi connectivity index (χ2v) is 2.63. The summed E-state index contributed by atoms with van der Waals surface area (Å²) in [4.78, 5) is 0. The zero-order valence-corrected chi connectivity index (χ0v) is 7.23. The summed E-state index contributed by atoms with van der Waals surface area (Å²) in [6.07, 6.45) is -2.16. The number of hydrogen-bond donors (Lipinski definition) is 3. The molecule has 0 fully saturated rings. The second kappa shape index (κ2) is 3.68. The van der Waals surface area contributed by atoms with Crippen molar-refractivity contribution in [3.8, 4) is 0 Å². The van der Waals surface area contributed by atoms with Gasteiger partial charge in [-0.2, -0.15) is 0 Å². The molecule has 0 bridgehead atoms. The summed E-state index contributed by atoms with van der Waals surface area (Å²) in [5.74, 6) is 0.0176. The number of ether oxygens (including phenoxy) is 2. The highest BCUT2D eigenvalue weighted by Gasteiger charge is 2.36. The van der Waals surface area contributed by atoms with E-state index in [2.05, 4.69) is 6.58 Å². The van der Waals surface area contributed by atoms with Gasteiger partial charge in [0.1, 0.15) is 6.10 Å². The van der Waals surface area contributed by atoms with Crippen LogP contribution in [0.15, 0.2) is 23.9 Å². The molecule has 1 aliphatic heterocycles. The predicted octanol–water partition coefficient (Wildman–Crippen LogP) is -0.332. The molecule has 0 unspecified atom stereocenters. The maximum Gasteiger partial charge on any atom is 0.202 e. The van der Waals surface area contributed by atoms with Crippen LogP contribution in [0.5, 0.6) is 0 Å². The zero-order chi connectivity index (χ0) is 10.0. The summed E-state index contributed by atoms with van der Waals surface area (Å²) < 4.78 is 9.75. The molecule has 0 aliphatic carbocycles. The van der Waals surface area contributed by atoms with Gasteiger partial charge in [-0.15, -0.1) is 0 Å². The molecule has 0 spiro atoms. The average molecular weight is 188 g/mol. The molecule has 1 aliphatic rings. The van der Waals surface area contributed by atoms with Gasteiger partial charge in [-0.05, 0) is 0 Å². The molecule has 0 aromatic heterocycles. The van der Waals surface area contributed by atoms with Crippen LogP contribution in [0.25, 0.3) is 0 Å². The molecule has 5 nitrogen and oxygen atoms in total. The number of methoxy groups -OCH3 is 1. The fourth-order valence-corrected chi connectivity index (χ4v) is 1.11. The first-order valence-electron chi connectivity index (χ1n) is 3.73. The van der Waals surface area contributed by atoms with E-state index in [1.54, 1.807) is 0 Å². The summed E-state index contributed by atoms with van der Waals surface area (Å²) in [6, 6.07) is 0. The quantitative estimate of drug-likeness (QED) is 0.565. The Morgan fingerprint density at radius 1 is 1.69 bits per heavy atom. The maximum atomic E-state index is 9.42. The van der Waals surface area contributed by atoms with Gasteiger partial charge in [0.25, 0.3) is 0 Å². The van der Waals surface area contributed by atoms with Crippen molar-refractivity contribution in [2.75, 3.05) is 13.7 Å². The van der Waals surface area contributed by atoms with Crippen LogP contribution in [-0.4, -0.2) is 41.2 Å². The Morgan fingerprint density at radius 2 is 2.31 bits per heavy atom. The maximum absolute atomic E-state index is 9.42. The van der Waals surface area contributed by atoms with E-state index in [0.29, 0.717) is 0 Å². The SMILES string of the molecule is C=C1O[C@H]([C@@H](O)CO)C(O)=C1OC. The summed E-state index contributed by atoms with van der Waals surface area (Å²) >= 11 is 0. The minimum atomic E-state index is -1.18. The van der Waals surface area contributed by atoms with Gasteiger partial charge >= 0.3 is 0 Å². The van der Waals surface area contributed by atoms with Crippen molar-refractivity contribution in [2.45, 2.75) is 12.2 Å². The van der Waals surface area contributed by atoms with E-state index in [4.69, 9.17) is 14.6 Å². The van der Waals surface area contributed by atoms with E-state index < -0.39 is 18.8 Å². The van der Waals surface area contributed by atoms with Crippen LogP contribution in [0, 0.1) is 0 Å². The lowest BCUT2D eigenvalue weighted by Crippen LogP contribution is -2.30. The summed E-state index contributed by atoms with van der Waals surface area (Å²) in [5.41, 5.74) is 0. The molecule has 0 saturated carbocycles. The molecule has 0 amide bonds. The standard InChI is InChI=1S/C8H12O5/c1-4-7(12-2)6(11)8(13-4)5(10)3-9/h5,8-11H,1,3H2,2H3/t5-,8+/m0/s1. The van der Waals surface area contributed by atoms with Crippen LogP contribution < -0.4 is 0 Å². The van der Waals surface area contributed by atoms with Crippen LogP contribution >= 0.6 is 0 Å². The summed E-state index contributed by atoms with van der Waals surface area (Å²) in [5, 5.41) is 27.2. The third-order valence-electron chi connectivity index (χ3n) is 1.77. The van der Waals surface area contributed by atoms with Crippen molar-refractivity contribution in [1.82, 2.24) is 0 Å². The van der Waals surface area contributed by atoms with Crippen molar-refractivity contribution in [2.24, 2.45) is 0 Å². The Balaban J connectivity index is 2.84.